The first-order chi connectivity index (χ1) is 13.3. The van der Waals surface area contributed by atoms with Crippen LogP contribution in [-0.2, 0) is 21.2 Å². The van der Waals surface area contributed by atoms with E-state index in [0.29, 0.717) is 25.2 Å². The van der Waals surface area contributed by atoms with Crippen molar-refractivity contribution < 1.29 is 17.9 Å². The molecule has 0 radical (unpaired) electrons. The fourth-order valence-corrected chi connectivity index (χ4v) is 4.82. The van der Waals surface area contributed by atoms with Gasteiger partial charge >= 0.3 is 0 Å². The first-order valence-corrected chi connectivity index (χ1v) is 10.9. The molecule has 2 rings (SSSR count). The van der Waals surface area contributed by atoms with Crippen molar-refractivity contribution in [3.8, 4) is 5.75 Å². The smallest absolute Gasteiger partial charge is 0.244 e. The highest BCUT2D eigenvalue weighted by atomic mass is 35.5. The zero-order valence-corrected chi connectivity index (χ0v) is 17.8. The minimum Gasteiger partial charge on any atom is -0.496 e. The van der Waals surface area contributed by atoms with Gasteiger partial charge in [0, 0.05) is 25.2 Å². The van der Waals surface area contributed by atoms with Gasteiger partial charge < -0.3 is 10.1 Å². The number of amides is 1. The highest BCUT2D eigenvalue weighted by Gasteiger charge is 2.25. The summed E-state index contributed by atoms with van der Waals surface area (Å²) >= 11 is 6.12. The van der Waals surface area contributed by atoms with Gasteiger partial charge in [-0.2, -0.15) is 4.31 Å². The number of methoxy groups -OCH3 is 1. The van der Waals surface area contributed by atoms with Crippen LogP contribution in [0, 0.1) is 0 Å². The first-order valence-electron chi connectivity index (χ1n) is 9.04. The number of nitrogens with zero attached hydrogens (tertiary/aromatic N) is 1. The van der Waals surface area contributed by atoms with Gasteiger partial charge in [-0.05, 0) is 36.2 Å². The normalized spacial score (nSPS) is 11.5. The molecule has 0 aromatic heterocycles. The van der Waals surface area contributed by atoms with Gasteiger partial charge in [0.2, 0.25) is 15.9 Å². The molecule has 0 bridgehead atoms. The molecular weight excluding hydrogens is 400 g/mol. The highest BCUT2D eigenvalue weighted by molar-refractivity contribution is 7.89. The number of ether oxygens (including phenoxy) is 1. The Morgan fingerprint density at radius 1 is 1.14 bits per heavy atom. The van der Waals surface area contributed by atoms with Gasteiger partial charge in [-0.1, -0.05) is 43.6 Å². The SMILES string of the molecule is CCN(CC)S(=O)(=O)c1cc(NC(=O)CCc2ccccc2OC)ccc1Cl. The van der Waals surface area contributed by atoms with Crippen LogP contribution in [0.15, 0.2) is 47.4 Å². The van der Waals surface area contributed by atoms with E-state index in [4.69, 9.17) is 16.3 Å². The summed E-state index contributed by atoms with van der Waals surface area (Å²) in [6.07, 6.45) is 0.745. The molecule has 0 saturated carbocycles. The minimum absolute atomic E-state index is 0.0135. The van der Waals surface area contributed by atoms with Crippen LogP contribution < -0.4 is 10.1 Å². The Bertz CT molecular complexity index is 928. The van der Waals surface area contributed by atoms with Crippen molar-refractivity contribution in [2.75, 3.05) is 25.5 Å². The molecule has 0 unspecified atom stereocenters. The maximum absolute atomic E-state index is 12.7. The number of hydrogen-bond acceptors (Lipinski definition) is 4. The minimum atomic E-state index is -3.72. The predicted molar refractivity (Wildman–Crippen MR) is 112 cm³/mol. The standard InChI is InChI=1S/C20H25ClN2O4S/c1-4-23(5-2)28(25,26)19-14-16(11-12-17(19)21)22-20(24)13-10-15-8-6-7-9-18(15)27-3/h6-9,11-12,14H,4-5,10,13H2,1-3H3,(H,22,24). The fourth-order valence-electron chi connectivity index (χ4n) is 2.86. The Morgan fingerprint density at radius 2 is 1.82 bits per heavy atom. The lowest BCUT2D eigenvalue weighted by Crippen LogP contribution is -2.30. The van der Waals surface area contributed by atoms with Gasteiger partial charge in [-0.25, -0.2) is 8.42 Å². The number of aryl methyl sites for hydroxylation is 1. The second-order valence-electron chi connectivity index (χ2n) is 6.09. The van der Waals surface area contributed by atoms with Crippen LogP contribution in [0.4, 0.5) is 5.69 Å². The second-order valence-corrected chi connectivity index (χ2v) is 8.41. The number of para-hydroxylation sites is 1. The molecule has 6 nitrogen and oxygen atoms in total. The molecule has 28 heavy (non-hydrogen) atoms. The van der Waals surface area contributed by atoms with Crippen molar-refractivity contribution in [1.29, 1.82) is 0 Å². The highest BCUT2D eigenvalue weighted by Crippen LogP contribution is 2.28. The average Bonchev–Trinajstić information content (AvgIpc) is 2.68. The number of carbonyl (C=O) groups excluding carboxylic acids is 1. The van der Waals surface area contributed by atoms with Crippen LogP contribution in [0.3, 0.4) is 0 Å². The predicted octanol–water partition coefficient (Wildman–Crippen LogP) is 3.95. The molecule has 0 saturated heterocycles. The van der Waals surface area contributed by atoms with E-state index in [-0.39, 0.29) is 22.2 Å². The molecule has 0 spiro atoms. The molecular formula is C20H25ClN2O4S. The topological polar surface area (TPSA) is 75.7 Å². The molecule has 0 aliphatic carbocycles. The summed E-state index contributed by atoms with van der Waals surface area (Å²) in [5.41, 5.74) is 1.32. The Kier molecular flexibility index (Phi) is 7.86. The van der Waals surface area contributed by atoms with Gasteiger partial charge in [0.1, 0.15) is 10.6 Å². The molecule has 2 aromatic rings. The summed E-state index contributed by atoms with van der Waals surface area (Å²) < 4.78 is 32.1. The number of hydrogen-bond donors (Lipinski definition) is 1. The monoisotopic (exact) mass is 424 g/mol. The molecule has 8 heteroatoms. The van der Waals surface area contributed by atoms with Crippen molar-refractivity contribution >= 4 is 33.2 Å². The van der Waals surface area contributed by atoms with Crippen LogP contribution in [0.5, 0.6) is 5.75 Å². The summed E-state index contributed by atoms with van der Waals surface area (Å²) in [6.45, 7) is 4.20. The number of rotatable bonds is 9. The van der Waals surface area contributed by atoms with Crippen LogP contribution >= 0.6 is 11.6 Å². The zero-order valence-electron chi connectivity index (χ0n) is 16.2. The lowest BCUT2D eigenvalue weighted by atomic mass is 10.1. The number of sulfonamides is 1. The lowest BCUT2D eigenvalue weighted by molar-refractivity contribution is -0.116. The Hall–Kier alpha value is -2.09. The van der Waals surface area contributed by atoms with E-state index in [0.717, 1.165) is 11.3 Å². The molecule has 0 heterocycles. The van der Waals surface area contributed by atoms with Crippen molar-refractivity contribution in [2.24, 2.45) is 0 Å². The van der Waals surface area contributed by atoms with E-state index in [1.165, 1.54) is 16.4 Å². The number of carbonyl (C=O) groups is 1. The van der Waals surface area contributed by atoms with Crippen molar-refractivity contribution in [3.63, 3.8) is 0 Å². The van der Waals surface area contributed by atoms with Crippen molar-refractivity contribution in [1.82, 2.24) is 4.31 Å². The Morgan fingerprint density at radius 3 is 2.46 bits per heavy atom. The molecule has 0 aliphatic heterocycles. The van der Waals surface area contributed by atoms with Crippen LogP contribution in [-0.4, -0.2) is 38.8 Å². The van der Waals surface area contributed by atoms with E-state index in [2.05, 4.69) is 5.32 Å². The molecule has 2 aromatic carbocycles. The van der Waals surface area contributed by atoms with Gasteiger partial charge in [0.25, 0.3) is 0 Å². The maximum atomic E-state index is 12.7. The third kappa shape index (κ3) is 5.25. The Balaban J connectivity index is 2.13. The van der Waals surface area contributed by atoms with E-state index in [1.807, 2.05) is 24.3 Å². The zero-order chi connectivity index (χ0) is 20.7. The molecule has 0 aliphatic rings. The average molecular weight is 425 g/mol. The third-order valence-electron chi connectivity index (χ3n) is 4.35. The van der Waals surface area contributed by atoms with Crippen LogP contribution in [0.1, 0.15) is 25.8 Å². The number of halogens is 1. The number of nitrogens with one attached hydrogen (secondary N) is 1. The van der Waals surface area contributed by atoms with Crippen molar-refractivity contribution in [3.05, 3.63) is 53.1 Å². The summed E-state index contributed by atoms with van der Waals surface area (Å²) in [6, 6.07) is 12.0. The largest absolute Gasteiger partial charge is 0.496 e. The quantitative estimate of drug-likeness (QED) is 0.661. The van der Waals surface area contributed by atoms with Crippen LogP contribution in [0.25, 0.3) is 0 Å². The van der Waals surface area contributed by atoms with Gasteiger partial charge in [-0.3, -0.25) is 4.79 Å². The van der Waals surface area contributed by atoms with E-state index >= 15 is 0 Å². The molecule has 1 N–H and O–H groups in total. The van der Waals surface area contributed by atoms with E-state index in [9.17, 15) is 13.2 Å². The summed E-state index contributed by atoms with van der Waals surface area (Å²) in [7, 11) is -2.13. The molecule has 1 amide bonds. The second kappa shape index (κ2) is 9.91. The Labute approximate surface area is 171 Å². The molecule has 0 atom stereocenters. The van der Waals surface area contributed by atoms with E-state index in [1.54, 1.807) is 27.0 Å². The van der Waals surface area contributed by atoms with Gasteiger partial charge in [0.15, 0.2) is 0 Å². The summed E-state index contributed by atoms with van der Waals surface area (Å²) in [4.78, 5) is 12.3. The fraction of sp³-hybridized carbons (Fsp3) is 0.350. The van der Waals surface area contributed by atoms with E-state index < -0.39 is 10.0 Å². The van der Waals surface area contributed by atoms with Gasteiger partial charge in [-0.15, -0.1) is 0 Å². The number of anilines is 1. The maximum Gasteiger partial charge on any atom is 0.244 e. The first kappa shape index (κ1) is 22.2. The van der Waals surface area contributed by atoms with Crippen LogP contribution in [0.2, 0.25) is 5.02 Å². The number of benzene rings is 2. The molecule has 152 valence electrons. The summed E-state index contributed by atoms with van der Waals surface area (Å²) in [5, 5.41) is 2.87. The lowest BCUT2D eigenvalue weighted by Gasteiger charge is -2.19. The summed E-state index contributed by atoms with van der Waals surface area (Å²) in [5.74, 6) is 0.508. The van der Waals surface area contributed by atoms with Gasteiger partial charge in [0.05, 0.1) is 12.1 Å². The molecule has 0 fully saturated rings. The third-order valence-corrected chi connectivity index (χ3v) is 6.88. The van der Waals surface area contributed by atoms with Crippen molar-refractivity contribution in [2.45, 2.75) is 31.6 Å².